The molecule has 0 saturated carbocycles. The largest absolute Gasteiger partial charge is 0.478 e. The molecule has 1 N–H and O–H groups in total. The van der Waals surface area contributed by atoms with Gasteiger partial charge in [0.1, 0.15) is 0 Å². The van der Waals surface area contributed by atoms with Crippen LogP contribution in [0.5, 0.6) is 0 Å². The Balaban J connectivity index is 3.99. The molecule has 5 heteroatoms. The lowest BCUT2D eigenvalue weighted by Gasteiger charge is -1.92. The smallest absolute Gasteiger partial charge is 0.328 e. The van der Waals surface area contributed by atoms with Crippen LogP contribution < -0.4 is 0 Å². The number of hydrogen-bond donors (Lipinski definition) is 1. The minimum Gasteiger partial charge on any atom is -0.478 e. The maximum Gasteiger partial charge on any atom is 0.328 e. The molecule has 0 bridgehead atoms. The molecule has 0 fully saturated rings. The summed E-state index contributed by atoms with van der Waals surface area (Å²) in [6.45, 7) is 1.52. The first-order valence-corrected chi connectivity index (χ1v) is 4.90. The first-order chi connectivity index (χ1) is 4.98. The molecular formula is C6H10O4S. The number of aliphatic carboxylic acids is 1. The zero-order valence-electron chi connectivity index (χ0n) is 6.15. The van der Waals surface area contributed by atoms with Gasteiger partial charge >= 0.3 is 5.97 Å². The molecule has 64 valence electrons. The predicted molar refractivity (Wildman–Crippen MR) is 41.1 cm³/mol. The summed E-state index contributed by atoms with van der Waals surface area (Å²) in [5.41, 5.74) is 0. The number of hydrogen-bond acceptors (Lipinski definition) is 3. The Hall–Kier alpha value is -0.840. The number of carboxylic acids is 1. The third kappa shape index (κ3) is 5.60. The maximum absolute atomic E-state index is 10.7. The molecule has 11 heavy (non-hydrogen) atoms. The van der Waals surface area contributed by atoms with Crippen LogP contribution in [-0.4, -0.2) is 31.0 Å². The van der Waals surface area contributed by atoms with E-state index in [1.165, 1.54) is 6.92 Å². The topological polar surface area (TPSA) is 71.4 Å². The lowest BCUT2D eigenvalue weighted by molar-refractivity contribution is -0.131. The average molecular weight is 178 g/mol. The third-order valence-electron chi connectivity index (χ3n) is 1.05. The Kier molecular flexibility index (Phi) is 3.81. The van der Waals surface area contributed by atoms with Gasteiger partial charge in [-0.05, 0) is 0 Å². The summed E-state index contributed by atoms with van der Waals surface area (Å²) in [6.07, 6.45) is 1.95. The zero-order chi connectivity index (χ0) is 8.91. The summed E-state index contributed by atoms with van der Waals surface area (Å²) < 4.78 is 21.5. The summed E-state index contributed by atoms with van der Waals surface area (Å²) in [5, 5.41) is 8.10. The first-order valence-electron chi connectivity index (χ1n) is 3.08. The van der Waals surface area contributed by atoms with Gasteiger partial charge in [-0.25, -0.2) is 13.2 Å². The molecule has 4 nitrogen and oxygen atoms in total. The van der Waals surface area contributed by atoms with Gasteiger partial charge in [0, 0.05) is 11.8 Å². The molecule has 0 amide bonds. The van der Waals surface area contributed by atoms with Crippen molar-refractivity contribution in [1.29, 1.82) is 0 Å². The lowest BCUT2D eigenvalue weighted by atomic mass is 10.5. The molecule has 0 aliphatic heterocycles. The van der Waals surface area contributed by atoms with Crippen molar-refractivity contribution < 1.29 is 18.3 Å². The second-order valence-corrected chi connectivity index (χ2v) is 4.34. The van der Waals surface area contributed by atoms with Gasteiger partial charge in [0.15, 0.2) is 9.84 Å². The van der Waals surface area contributed by atoms with Gasteiger partial charge in [0.05, 0.1) is 5.75 Å². The fourth-order valence-corrected chi connectivity index (χ4v) is 1.04. The second kappa shape index (κ2) is 4.12. The van der Waals surface area contributed by atoms with Crippen LogP contribution in [0.4, 0.5) is 0 Å². The number of carboxylic acid groups (broad SMARTS) is 1. The molecule has 0 atom stereocenters. The van der Waals surface area contributed by atoms with Crippen molar-refractivity contribution in [3.8, 4) is 0 Å². The Bertz CT molecular complexity index is 250. The van der Waals surface area contributed by atoms with Crippen LogP contribution in [0.15, 0.2) is 12.2 Å². The number of rotatable bonds is 4. The molecule has 0 saturated heterocycles. The van der Waals surface area contributed by atoms with E-state index in [0.29, 0.717) is 0 Å². The summed E-state index contributed by atoms with van der Waals surface area (Å²) >= 11 is 0. The molecule has 0 rings (SSSR count). The summed E-state index contributed by atoms with van der Waals surface area (Å²) in [4.78, 5) is 9.89. The highest BCUT2D eigenvalue weighted by atomic mass is 32.2. The highest BCUT2D eigenvalue weighted by molar-refractivity contribution is 7.91. The molecule has 0 aromatic rings. The van der Waals surface area contributed by atoms with Crippen molar-refractivity contribution in [1.82, 2.24) is 0 Å². The van der Waals surface area contributed by atoms with Gasteiger partial charge in [0.25, 0.3) is 0 Å². The van der Waals surface area contributed by atoms with Gasteiger partial charge in [-0.15, -0.1) is 0 Å². The Morgan fingerprint density at radius 3 is 2.45 bits per heavy atom. The minimum atomic E-state index is -3.07. The van der Waals surface area contributed by atoms with Crippen molar-refractivity contribution in [2.75, 3.05) is 11.5 Å². The van der Waals surface area contributed by atoms with E-state index in [4.69, 9.17) is 5.11 Å². The van der Waals surface area contributed by atoms with Crippen LogP contribution in [0.1, 0.15) is 6.92 Å². The molecule has 0 aromatic carbocycles. The summed E-state index contributed by atoms with van der Waals surface area (Å²) in [5.74, 6) is -1.29. The number of carbonyl (C=O) groups is 1. The normalized spacial score (nSPS) is 12.1. The van der Waals surface area contributed by atoms with Gasteiger partial charge in [0.2, 0.25) is 0 Å². The Morgan fingerprint density at radius 2 is 2.09 bits per heavy atom. The summed E-state index contributed by atoms with van der Waals surface area (Å²) in [7, 11) is -3.07. The van der Waals surface area contributed by atoms with Crippen LogP contribution in [0, 0.1) is 0 Å². The van der Waals surface area contributed by atoms with E-state index in [1.54, 1.807) is 0 Å². The molecule has 0 unspecified atom stereocenters. The van der Waals surface area contributed by atoms with E-state index in [0.717, 1.165) is 12.2 Å². The van der Waals surface area contributed by atoms with E-state index in [-0.39, 0.29) is 11.5 Å². The maximum atomic E-state index is 10.7. The molecule has 0 heterocycles. The quantitative estimate of drug-likeness (QED) is 0.618. The van der Waals surface area contributed by atoms with Gasteiger partial charge < -0.3 is 5.11 Å². The van der Waals surface area contributed by atoms with Crippen molar-refractivity contribution >= 4 is 15.8 Å². The van der Waals surface area contributed by atoms with Gasteiger partial charge in [-0.1, -0.05) is 13.0 Å². The van der Waals surface area contributed by atoms with Crippen molar-refractivity contribution in [2.45, 2.75) is 6.92 Å². The van der Waals surface area contributed by atoms with Crippen LogP contribution in [0.3, 0.4) is 0 Å². The van der Waals surface area contributed by atoms with Crippen molar-refractivity contribution in [3.05, 3.63) is 12.2 Å². The average Bonchev–Trinajstić information content (AvgIpc) is 1.87. The Labute approximate surface area is 65.5 Å². The fraction of sp³-hybridized carbons (Fsp3) is 0.500. The monoisotopic (exact) mass is 178 g/mol. The summed E-state index contributed by atoms with van der Waals surface area (Å²) in [6, 6.07) is 0. The van der Waals surface area contributed by atoms with Gasteiger partial charge in [-0.2, -0.15) is 0 Å². The molecule has 0 aromatic heterocycles. The van der Waals surface area contributed by atoms with Crippen LogP contribution in [-0.2, 0) is 14.6 Å². The van der Waals surface area contributed by atoms with Crippen LogP contribution in [0.2, 0.25) is 0 Å². The van der Waals surface area contributed by atoms with E-state index < -0.39 is 15.8 Å². The second-order valence-electron chi connectivity index (χ2n) is 1.94. The standard InChI is InChI=1S/C6H10O4S/c1-2-11(9,10)5-3-4-6(7)8/h3-4H,2,5H2,1H3,(H,7,8). The van der Waals surface area contributed by atoms with Crippen molar-refractivity contribution in [3.63, 3.8) is 0 Å². The van der Waals surface area contributed by atoms with Crippen LogP contribution >= 0.6 is 0 Å². The Morgan fingerprint density at radius 1 is 1.55 bits per heavy atom. The first kappa shape index (κ1) is 10.2. The molecule has 0 spiro atoms. The van der Waals surface area contributed by atoms with E-state index in [2.05, 4.69) is 0 Å². The molecule has 0 aliphatic rings. The van der Waals surface area contributed by atoms with Crippen LogP contribution in [0.25, 0.3) is 0 Å². The predicted octanol–water partition coefficient (Wildman–Crippen LogP) is 0.0619. The van der Waals surface area contributed by atoms with Crippen molar-refractivity contribution in [2.24, 2.45) is 0 Å². The molecular weight excluding hydrogens is 168 g/mol. The van der Waals surface area contributed by atoms with Gasteiger partial charge in [-0.3, -0.25) is 0 Å². The lowest BCUT2D eigenvalue weighted by Crippen LogP contribution is -2.06. The molecule has 0 aliphatic carbocycles. The highest BCUT2D eigenvalue weighted by Gasteiger charge is 2.02. The highest BCUT2D eigenvalue weighted by Crippen LogP contribution is 1.89. The fourth-order valence-electron chi connectivity index (χ4n) is 0.413. The van der Waals surface area contributed by atoms with E-state index in [9.17, 15) is 13.2 Å². The SMILES string of the molecule is CCS(=O)(=O)CC=CC(=O)O. The van der Waals surface area contributed by atoms with E-state index in [1.807, 2.05) is 0 Å². The van der Waals surface area contributed by atoms with E-state index >= 15 is 0 Å². The molecule has 0 radical (unpaired) electrons. The zero-order valence-corrected chi connectivity index (χ0v) is 6.97. The minimum absolute atomic E-state index is 0.0386. The third-order valence-corrected chi connectivity index (χ3v) is 2.63. The number of sulfone groups is 1.